The molecule has 0 aliphatic heterocycles. The van der Waals surface area contributed by atoms with Crippen LogP contribution in [-0.2, 0) is 0 Å². The van der Waals surface area contributed by atoms with E-state index < -0.39 is 12.0 Å². The summed E-state index contributed by atoms with van der Waals surface area (Å²) in [7, 11) is 0. The number of nitrogens with two attached hydrogens (primary N) is 2. The van der Waals surface area contributed by atoms with Gasteiger partial charge in [-0.1, -0.05) is 49.4 Å². The van der Waals surface area contributed by atoms with E-state index >= 15 is 0 Å². The third kappa shape index (κ3) is 4.10. The minimum atomic E-state index is -0.478. The molecular formula is C21H23N5O2. The molecule has 0 fully saturated rings. The lowest BCUT2D eigenvalue weighted by atomic mass is 10.0. The summed E-state index contributed by atoms with van der Waals surface area (Å²) >= 11 is 0. The zero-order chi connectivity index (χ0) is 20.1. The summed E-state index contributed by atoms with van der Waals surface area (Å²) in [6.45, 7) is 3.63. The van der Waals surface area contributed by atoms with Gasteiger partial charge >= 0.3 is 0 Å². The van der Waals surface area contributed by atoms with Crippen LogP contribution < -0.4 is 21.7 Å². The highest BCUT2D eigenvalue weighted by Gasteiger charge is 2.24. The van der Waals surface area contributed by atoms with E-state index in [4.69, 9.17) is 16.3 Å². The van der Waals surface area contributed by atoms with Crippen LogP contribution in [0.1, 0.15) is 41.2 Å². The monoisotopic (exact) mass is 377 g/mol. The molecule has 0 saturated heterocycles. The number of aromatic nitrogens is 2. The smallest absolute Gasteiger partial charge is 0.269 e. The van der Waals surface area contributed by atoms with Crippen LogP contribution in [-0.4, -0.2) is 15.9 Å². The normalized spacial score (nSPS) is 11.7. The predicted octanol–water partition coefficient (Wildman–Crippen LogP) is 3.17. The van der Waals surface area contributed by atoms with Gasteiger partial charge in [0.25, 0.3) is 5.91 Å². The standard InChI is InChI=1S/C21H23N5O2/c1-3-17(19-18(20(27)26-23)13(2)24-21(22)25-19)28-16-11-9-15(10-12-16)14-7-5-4-6-8-14/h4-12,17H,3,23H2,1-2H3,(H,26,27)(H2,22,24,25). The van der Waals surface area contributed by atoms with Gasteiger partial charge in [0, 0.05) is 0 Å². The Bertz CT molecular complexity index is 959. The van der Waals surface area contributed by atoms with Gasteiger partial charge in [-0.3, -0.25) is 10.2 Å². The third-order valence-corrected chi connectivity index (χ3v) is 4.41. The van der Waals surface area contributed by atoms with E-state index in [1.165, 1.54) is 0 Å². The molecule has 1 atom stereocenters. The number of nitrogens with one attached hydrogen (secondary N) is 1. The van der Waals surface area contributed by atoms with Crippen LogP contribution in [0.2, 0.25) is 0 Å². The van der Waals surface area contributed by atoms with E-state index in [0.29, 0.717) is 23.6 Å². The number of hydrogen-bond donors (Lipinski definition) is 3. The fraction of sp³-hybridized carbons (Fsp3) is 0.190. The molecule has 0 saturated carbocycles. The fourth-order valence-electron chi connectivity index (χ4n) is 3.06. The average Bonchev–Trinajstić information content (AvgIpc) is 2.72. The van der Waals surface area contributed by atoms with Crippen molar-refractivity contribution in [1.82, 2.24) is 15.4 Å². The first-order valence-electron chi connectivity index (χ1n) is 9.00. The molecule has 7 nitrogen and oxygen atoms in total. The average molecular weight is 377 g/mol. The Kier molecular flexibility index (Phi) is 5.86. The van der Waals surface area contributed by atoms with Crippen LogP contribution in [0.15, 0.2) is 54.6 Å². The lowest BCUT2D eigenvalue weighted by Gasteiger charge is -2.20. The molecule has 1 aromatic heterocycles. The summed E-state index contributed by atoms with van der Waals surface area (Å²) in [5.74, 6) is 5.59. The zero-order valence-electron chi connectivity index (χ0n) is 15.8. The van der Waals surface area contributed by atoms with Gasteiger partial charge in [0.2, 0.25) is 5.95 Å². The molecule has 1 unspecified atom stereocenters. The van der Waals surface area contributed by atoms with Crippen LogP contribution >= 0.6 is 0 Å². The van der Waals surface area contributed by atoms with Crippen LogP contribution in [0.25, 0.3) is 11.1 Å². The van der Waals surface area contributed by atoms with Gasteiger partial charge in [-0.25, -0.2) is 15.8 Å². The van der Waals surface area contributed by atoms with Crippen LogP contribution in [0.4, 0.5) is 5.95 Å². The van der Waals surface area contributed by atoms with E-state index in [2.05, 4.69) is 27.5 Å². The van der Waals surface area contributed by atoms with E-state index in [1.807, 2.05) is 49.4 Å². The van der Waals surface area contributed by atoms with Crippen molar-refractivity contribution in [2.75, 3.05) is 5.73 Å². The van der Waals surface area contributed by atoms with Crippen molar-refractivity contribution in [2.24, 2.45) is 5.84 Å². The minimum absolute atomic E-state index is 0.0857. The summed E-state index contributed by atoms with van der Waals surface area (Å²) < 4.78 is 6.12. The van der Waals surface area contributed by atoms with Crippen molar-refractivity contribution in [1.29, 1.82) is 0 Å². The van der Waals surface area contributed by atoms with Crippen LogP contribution in [0.5, 0.6) is 5.75 Å². The molecule has 0 aliphatic carbocycles. The maximum absolute atomic E-state index is 12.2. The summed E-state index contributed by atoms with van der Waals surface area (Å²) in [5.41, 5.74) is 11.3. The minimum Gasteiger partial charge on any atom is -0.484 e. The molecule has 1 amide bonds. The molecule has 0 spiro atoms. The Morgan fingerprint density at radius 3 is 2.32 bits per heavy atom. The second-order valence-electron chi connectivity index (χ2n) is 6.31. The van der Waals surface area contributed by atoms with E-state index in [1.54, 1.807) is 6.92 Å². The Hall–Kier alpha value is -3.45. The first kappa shape index (κ1) is 19.3. The number of hydrogen-bond acceptors (Lipinski definition) is 6. The number of nitrogen functional groups attached to an aromatic ring is 2. The van der Waals surface area contributed by atoms with E-state index in [0.717, 1.165) is 11.1 Å². The second kappa shape index (κ2) is 8.49. The van der Waals surface area contributed by atoms with Gasteiger partial charge in [0.05, 0.1) is 17.0 Å². The first-order chi connectivity index (χ1) is 13.5. The number of carbonyl (C=O) groups is 1. The van der Waals surface area contributed by atoms with E-state index in [9.17, 15) is 4.79 Å². The van der Waals surface area contributed by atoms with Gasteiger partial charge in [0.1, 0.15) is 11.9 Å². The third-order valence-electron chi connectivity index (χ3n) is 4.41. The number of amides is 1. The molecule has 1 heterocycles. The molecule has 0 radical (unpaired) electrons. The predicted molar refractivity (Wildman–Crippen MR) is 108 cm³/mol. The van der Waals surface area contributed by atoms with Gasteiger partial charge < -0.3 is 10.5 Å². The molecule has 5 N–H and O–H groups in total. The Morgan fingerprint density at radius 2 is 1.71 bits per heavy atom. The van der Waals surface area contributed by atoms with Crippen molar-refractivity contribution in [3.05, 3.63) is 71.5 Å². The number of hydrazine groups is 1. The number of benzene rings is 2. The molecule has 144 valence electrons. The van der Waals surface area contributed by atoms with Gasteiger partial charge in [-0.2, -0.15) is 0 Å². The summed E-state index contributed by atoms with van der Waals surface area (Å²) in [6.07, 6.45) is 0.111. The number of rotatable bonds is 6. The molecule has 3 aromatic rings. The molecule has 0 bridgehead atoms. The van der Waals surface area contributed by atoms with Crippen LogP contribution in [0, 0.1) is 6.92 Å². The Balaban J connectivity index is 1.90. The van der Waals surface area contributed by atoms with Gasteiger partial charge in [-0.15, -0.1) is 0 Å². The van der Waals surface area contributed by atoms with Crippen molar-refractivity contribution in [2.45, 2.75) is 26.4 Å². The van der Waals surface area contributed by atoms with Crippen molar-refractivity contribution in [3.8, 4) is 16.9 Å². The largest absolute Gasteiger partial charge is 0.484 e. The summed E-state index contributed by atoms with van der Waals surface area (Å²) in [6, 6.07) is 17.9. The number of anilines is 1. The maximum atomic E-state index is 12.2. The molecule has 3 rings (SSSR count). The highest BCUT2D eigenvalue weighted by Crippen LogP contribution is 2.29. The van der Waals surface area contributed by atoms with Crippen molar-refractivity contribution in [3.63, 3.8) is 0 Å². The first-order valence-corrected chi connectivity index (χ1v) is 9.00. The molecule has 28 heavy (non-hydrogen) atoms. The van der Waals surface area contributed by atoms with Gasteiger partial charge in [0.15, 0.2) is 0 Å². The number of ether oxygens (including phenoxy) is 1. The topological polar surface area (TPSA) is 116 Å². The molecule has 7 heteroatoms. The lowest BCUT2D eigenvalue weighted by Crippen LogP contribution is -2.33. The highest BCUT2D eigenvalue weighted by atomic mass is 16.5. The van der Waals surface area contributed by atoms with Gasteiger partial charge in [-0.05, 0) is 36.6 Å². The van der Waals surface area contributed by atoms with Crippen LogP contribution in [0.3, 0.4) is 0 Å². The number of nitrogens with zero attached hydrogens (tertiary/aromatic N) is 2. The number of aryl methyl sites for hydroxylation is 1. The molecular weight excluding hydrogens is 354 g/mol. The Morgan fingerprint density at radius 1 is 1.07 bits per heavy atom. The fourth-order valence-corrected chi connectivity index (χ4v) is 3.06. The van der Waals surface area contributed by atoms with E-state index in [-0.39, 0.29) is 11.5 Å². The molecule has 2 aromatic carbocycles. The summed E-state index contributed by atoms with van der Waals surface area (Å²) in [4.78, 5) is 20.6. The highest BCUT2D eigenvalue weighted by molar-refractivity contribution is 5.96. The zero-order valence-corrected chi connectivity index (χ0v) is 15.8. The SMILES string of the molecule is CCC(Oc1ccc(-c2ccccc2)cc1)c1nc(N)nc(C)c1C(=O)NN. The molecule has 0 aliphatic rings. The maximum Gasteiger partial charge on any atom is 0.269 e. The van der Waals surface area contributed by atoms with Crippen molar-refractivity contribution < 1.29 is 9.53 Å². The quantitative estimate of drug-likeness (QED) is 0.345. The van der Waals surface area contributed by atoms with Crippen molar-refractivity contribution >= 4 is 11.9 Å². The second-order valence-corrected chi connectivity index (χ2v) is 6.31. The lowest BCUT2D eigenvalue weighted by molar-refractivity contribution is 0.0945. The summed E-state index contributed by atoms with van der Waals surface area (Å²) in [5, 5.41) is 0. The number of carbonyl (C=O) groups excluding carboxylic acids is 1. The Labute approximate surface area is 163 Å².